The fraction of sp³-hybridized carbons (Fsp3) is 0.471. The van der Waals surface area contributed by atoms with Crippen molar-refractivity contribution in [2.45, 2.75) is 38.2 Å². The molecule has 1 aromatic carbocycles. The predicted molar refractivity (Wildman–Crippen MR) is 92.1 cm³/mol. The van der Waals surface area contributed by atoms with Gasteiger partial charge < -0.3 is 9.64 Å². The van der Waals surface area contributed by atoms with Crippen molar-refractivity contribution in [1.29, 1.82) is 0 Å². The molecule has 0 saturated carbocycles. The van der Waals surface area contributed by atoms with Crippen LogP contribution in [-0.4, -0.2) is 44.4 Å². The van der Waals surface area contributed by atoms with Crippen molar-refractivity contribution in [2.75, 3.05) is 19.3 Å². The highest BCUT2D eigenvalue weighted by molar-refractivity contribution is 7.91. The van der Waals surface area contributed by atoms with Gasteiger partial charge in [-0.05, 0) is 44.0 Å². The van der Waals surface area contributed by atoms with Crippen LogP contribution < -0.4 is 0 Å². The van der Waals surface area contributed by atoms with Crippen molar-refractivity contribution >= 4 is 21.5 Å². The number of ether oxygens (including phenoxy) is 1. The second-order valence-corrected chi connectivity index (χ2v) is 8.65. The minimum Gasteiger partial charge on any atom is -0.444 e. The molecule has 0 spiro atoms. The van der Waals surface area contributed by atoms with Crippen molar-refractivity contribution in [3.63, 3.8) is 0 Å². The van der Waals surface area contributed by atoms with Gasteiger partial charge in [-0.1, -0.05) is 25.6 Å². The molecule has 0 radical (unpaired) electrons. The Morgan fingerprint density at radius 3 is 2.17 bits per heavy atom. The van der Waals surface area contributed by atoms with Gasteiger partial charge in [0.05, 0.1) is 10.6 Å². The zero-order valence-electron chi connectivity index (χ0n) is 14.4. The maximum absolute atomic E-state index is 11.9. The Balaban J connectivity index is 2.77. The van der Waals surface area contributed by atoms with Gasteiger partial charge in [0.25, 0.3) is 0 Å². The second kappa shape index (κ2) is 7.17. The van der Waals surface area contributed by atoms with E-state index in [-0.39, 0.29) is 10.6 Å². The monoisotopic (exact) mass is 339 g/mol. The summed E-state index contributed by atoms with van der Waals surface area (Å²) in [4.78, 5) is 13.7. The smallest absolute Gasteiger partial charge is 0.410 e. The Kier molecular flexibility index (Phi) is 5.99. The van der Waals surface area contributed by atoms with Crippen LogP contribution in [0.1, 0.15) is 33.3 Å². The van der Waals surface area contributed by atoms with Crippen LogP contribution in [0.3, 0.4) is 0 Å². The number of sulfone groups is 1. The number of rotatable bonds is 5. The van der Waals surface area contributed by atoms with Gasteiger partial charge in [0, 0.05) is 13.6 Å². The van der Waals surface area contributed by atoms with Gasteiger partial charge in [0.2, 0.25) is 0 Å². The minimum atomic E-state index is -3.21. The van der Waals surface area contributed by atoms with E-state index in [1.165, 1.54) is 4.90 Å². The van der Waals surface area contributed by atoms with Crippen molar-refractivity contribution in [1.82, 2.24) is 4.90 Å². The summed E-state index contributed by atoms with van der Waals surface area (Å²) in [6, 6.07) is 6.53. The van der Waals surface area contributed by atoms with E-state index < -0.39 is 21.5 Å². The van der Waals surface area contributed by atoms with Gasteiger partial charge in [0.15, 0.2) is 9.84 Å². The Morgan fingerprint density at radius 2 is 1.74 bits per heavy atom. The molecular weight excluding hydrogens is 314 g/mol. The molecule has 23 heavy (non-hydrogen) atoms. The number of nitrogens with zero attached hydrogens (tertiary/aromatic N) is 1. The molecule has 0 fully saturated rings. The molecule has 1 rings (SSSR count). The summed E-state index contributed by atoms with van der Waals surface area (Å²) in [6.45, 7) is 11.3. The fourth-order valence-corrected chi connectivity index (χ4v) is 2.73. The van der Waals surface area contributed by atoms with E-state index in [1.807, 2.05) is 0 Å². The number of carbonyl (C=O) groups is 1. The van der Waals surface area contributed by atoms with E-state index in [0.29, 0.717) is 12.1 Å². The SMILES string of the molecule is C=C(CN(C)C(=O)OC(C)(C)C)c1ccc(S(=O)(=O)CC)cc1. The normalized spacial score (nSPS) is 11.9. The lowest BCUT2D eigenvalue weighted by Crippen LogP contribution is -2.35. The van der Waals surface area contributed by atoms with E-state index in [1.54, 1.807) is 59.0 Å². The van der Waals surface area contributed by atoms with E-state index in [4.69, 9.17) is 4.74 Å². The van der Waals surface area contributed by atoms with Crippen LogP contribution in [0.2, 0.25) is 0 Å². The Bertz CT molecular complexity index is 670. The number of likely N-dealkylation sites (N-methyl/N-ethyl adjacent to an activating group) is 1. The summed E-state index contributed by atoms with van der Waals surface area (Å²) in [5, 5.41) is 0. The van der Waals surface area contributed by atoms with Gasteiger partial charge in [-0.25, -0.2) is 13.2 Å². The van der Waals surface area contributed by atoms with Gasteiger partial charge in [-0.15, -0.1) is 0 Å². The van der Waals surface area contributed by atoms with E-state index in [9.17, 15) is 13.2 Å². The molecule has 0 heterocycles. The average molecular weight is 339 g/mol. The Labute approximate surface area is 138 Å². The molecule has 0 saturated heterocycles. The third-order valence-electron chi connectivity index (χ3n) is 3.13. The quantitative estimate of drug-likeness (QED) is 0.825. The largest absolute Gasteiger partial charge is 0.444 e. The van der Waals surface area contributed by atoms with E-state index >= 15 is 0 Å². The number of hydrogen-bond donors (Lipinski definition) is 0. The maximum atomic E-state index is 11.9. The van der Waals surface area contributed by atoms with Gasteiger partial charge in [-0.2, -0.15) is 0 Å². The van der Waals surface area contributed by atoms with Crippen LogP contribution in [0.4, 0.5) is 4.79 Å². The topological polar surface area (TPSA) is 63.7 Å². The molecule has 0 aliphatic heterocycles. The van der Waals surface area contributed by atoms with Crippen molar-refractivity contribution < 1.29 is 17.9 Å². The molecule has 6 heteroatoms. The zero-order chi connectivity index (χ0) is 17.8. The van der Waals surface area contributed by atoms with Crippen molar-refractivity contribution in [3.8, 4) is 0 Å². The van der Waals surface area contributed by atoms with Crippen LogP contribution in [0.5, 0.6) is 0 Å². The molecule has 0 atom stereocenters. The molecule has 0 aliphatic carbocycles. The van der Waals surface area contributed by atoms with Crippen molar-refractivity contribution in [3.05, 3.63) is 36.4 Å². The lowest BCUT2D eigenvalue weighted by atomic mass is 10.1. The lowest BCUT2D eigenvalue weighted by Gasteiger charge is -2.25. The highest BCUT2D eigenvalue weighted by atomic mass is 32.2. The highest BCUT2D eigenvalue weighted by Gasteiger charge is 2.20. The molecule has 128 valence electrons. The maximum Gasteiger partial charge on any atom is 0.410 e. The van der Waals surface area contributed by atoms with Gasteiger partial charge in [-0.3, -0.25) is 0 Å². The third kappa shape index (κ3) is 5.71. The molecule has 1 aromatic rings. The van der Waals surface area contributed by atoms with Gasteiger partial charge >= 0.3 is 6.09 Å². The van der Waals surface area contributed by atoms with Crippen molar-refractivity contribution in [2.24, 2.45) is 0 Å². The van der Waals surface area contributed by atoms with Gasteiger partial charge in [0.1, 0.15) is 5.60 Å². The predicted octanol–water partition coefficient (Wildman–Crippen LogP) is 3.36. The molecule has 0 N–H and O–H groups in total. The second-order valence-electron chi connectivity index (χ2n) is 6.37. The molecule has 0 unspecified atom stereocenters. The van der Waals surface area contributed by atoms with Crippen LogP contribution >= 0.6 is 0 Å². The number of benzene rings is 1. The Morgan fingerprint density at radius 1 is 1.22 bits per heavy atom. The first-order valence-corrected chi connectivity index (χ1v) is 9.06. The summed E-state index contributed by atoms with van der Waals surface area (Å²) in [5.41, 5.74) is 0.942. The zero-order valence-corrected chi connectivity index (χ0v) is 15.2. The molecule has 0 bridgehead atoms. The first kappa shape index (κ1) is 19.2. The summed E-state index contributed by atoms with van der Waals surface area (Å²) in [5.74, 6) is 0.0642. The number of amides is 1. The number of carbonyl (C=O) groups excluding carboxylic acids is 1. The standard InChI is InChI=1S/C17H25NO4S/c1-7-23(20,21)15-10-8-14(9-11-15)13(2)12-18(6)16(19)22-17(3,4)5/h8-11H,2,7,12H2,1,3-6H3. The average Bonchev–Trinajstić information content (AvgIpc) is 2.45. The molecule has 0 aromatic heterocycles. The molecule has 0 aliphatic rings. The highest BCUT2D eigenvalue weighted by Crippen LogP contribution is 2.18. The fourth-order valence-electron chi connectivity index (χ4n) is 1.85. The number of hydrogen-bond acceptors (Lipinski definition) is 4. The van der Waals surface area contributed by atoms with Crippen LogP contribution in [-0.2, 0) is 14.6 Å². The molecule has 5 nitrogen and oxygen atoms in total. The molecular formula is C17H25NO4S. The summed E-state index contributed by atoms with van der Waals surface area (Å²) < 4.78 is 28.9. The van der Waals surface area contributed by atoms with E-state index in [2.05, 4.69) is 6.58 Å². The summed E-state index contributed by atoms with van der Waals surface area (Å²) in [6.07, 6.45) is -0.427. The first-order valence-electron chi connectivity index (χ1n) is 7.41. The Hall–Kier alpha value is -1.82. The summed E-state index contributed by atoms with van der Waals surface area (Å²) in [7, 11) is -1.58. The lowest BCUT2D eigenvalue weighted by molar-refractivity contribution is 0.0321. The van der Waals surface area contributed by atoms with Crippen LogP contribution in [0, 0.1) is 0 Å². The van der Waals surface area contributed by atoms with Crippen LogP contribution in [0.15, 0.2) is 35.7 Å². The van der Waals surface area contributed by atoms with Crippen LogP contribution in [0.25, 0.3) is 5.57 Å². The van der Waals surface area contributed by atoms with E-state index in [0.717, 1.165) is 5.56 Å². The summed E-state index contributed by atoms with van der Waals surface area (Å²) >= 11 is 0. The molecule has 1 amide bonds. The third-order valence-corrected chi connectivity index (χ3v) is 4.89. The first-order chi connectivity index (χ1) is 10.5. The minimum absolute atomic E-state index is 0.0642.